The van der Waals surface area contributed by atoms with Crippen LogP contribution in [0.4, 0.5) is 0 Å². The van der Waals surface area contributed by atoms with E-state index in [2.05, 4.69) is 9.80 Å². The van der Waals surface area contributed by atoms with Crippen molar-refractivity contribution in [3.8, 4) is 0 Å². The fourth-order valence-corrected chi connectivity index (χ4v) is 3.94. The molecule has 2 aliphatic heterocycles. The van der Waals surface area contributed by atoms with Crippen molar-refractivity contribution >= 4 is 5.96 Å². The third kappa shape index (κ3) is 3.73. The third-order valence-corrected chi connectivity index (χ3v) is 5.34. The maximum Gasteiger partial charge on any atom is 0.191 e. The lowest BCUT2D eigenvalue weighted by Crippen LogP contribution is -2.56. The average Bonchev–Trinajstić information content (AvgIpc) is 2.62. The van der Waals surface area contributed by atoms with E-state index in [0.717, 1.165) is 59.2 Å². The van der Waals surface area contributed by atoms with Crippen LogP contribution in [-0.4, -0.2) is 80.4 Å². The van der Waals surface area contributed by atoms with E-state index in [0.29, 0.717) is 5.96 Å². The van der Waals surface area contributed by atoms with Crippen LogP contribution in [-0.2, 0) is 9.47 Å². The molecule has 2 heterocycles. The molecular weight excluding hydrogens is 280 g/mol. The number of morpholine rings is 2. The summed E-state index contributed by atoms with van der Waals surface area (Å²) in [4.78, 5) is 9.57. The minimum atomic E-state index is 0.207. The van der Waals surface area contributed by atoms with Gasteiger partial charge in [-0.2, -0.15) is 0 Å². The van der Waals surface area contributed by atoms with E-state index in [1.165, 1.54) is 32.1 Å². The molecule has 0 unspecified atom stereocenters. The van der Waals surface area contributed by atoms with E-state index in [1.807, 2.05) is 0 Å². The van der Waals surface area contributed by atoms with Crippen LogP contribution in [0.15, 0.2) is 4.99 Å². The summed E-state index contributed by atoms with van der Waals surface area (Å²) in [6.07, 6.45) is 6.46. The normalized spacial score (nSPS) is 27.8. The van der Waals surface area contributed by atoms with E-state index < -0.39 is 0 Å². The second kappa shape index (κ2) is 7.62. The molecule has 0 amide bonds. The summed E-state index contributed by atoms with van der Waals surface area (Å²) in [5.41, 5.74) is 6.44. The lowest BCUT2D eigenvalue weighted by molar-refractivity contribution is -0.0334. The Kier molecular flexibility index (Phi) is 5.55. The van der Waals surface area contributed by atoms with Crippen LogP contribution in [0.2, 0.25) is 0 Å². The zero-order valence-electron chi connectivity index (χ0n) is 13.6. The van der Waals surface area contributed by atoms with Crippen molar-refractivity contribution < 1.29 is 9.47 Å². The Morgan fingerprint density at radius 2 is 1.50 bits per heavy atom. The highest BCUT2D eigenvalue weighted by Crippen LogP contribution is 2.34. The van der Waals surface area contributed by atoms with E-state index in [4.69, 9.17) is 20.2 Å². The van der Waals surface area contributed by atoms with Crippen LogP contribution >= 0.6 is 0 Å². The highest BCUT2D eigenvalue weighted by molar-refractivity contribution is 5.78. The summed E-state index contributed by atoms with van der Waals surface area (Å²) in [6, 6.07) is 0. The molecular formula is C16H30N4O2. The average molecular weight is 310 g/mol. The van der Waals surface area contributed by atoms with Gasteiger partial charge in [-0.1, -0.05) is 19.3 Å². The first-order chi connectivity index (χ1) is 10.8. The SMILES string of the molecule is NC(=NCC1(N2CCOCC2)CCCCC1)N1CCOCC1. The molecule has 2 saturated heterocycles. The monoisotopic (exact) mass is 310 g/mol. The molecule has 0 aromatic carbocycles. The standard InChI is InChI=1S/C16H30N4O2/c17-15(19-6-10-21-11-7-19)18-14-16(4-2-1-3-5-16)20-8-12-22-13-9-20/h1-14H2,(H2,17,18). The van der Waals surface area contributed by atoms with E-state index in [1.54, 1.807) is 0 Å². The zero-order valence-corrected chi connectivity index (χ0v) is 13.6. The fraction of sp³-hybridized carbons (Fsp3) is 0.938. The Morgan fingerprint density at radius 1 is 0.909 bits per heavy atom. The molecule has 2 N–H and O–H groups in total. The maximum absolute atomic E-state index is 6.23. The lowest BCUT2D eigenvalue weighted by Gasteiger charge is -2.47. The van der Waals surface area contributed by atoms with Crippen molar-refractivity contribution in [3.63, 3.8) is 0 Å². The Morgan fingerprint density at radius 3 is 2.14 bits per heavy atom. The number of hydrogen-bond donors (Lipinski definition) is 1. The zero-order chi connectivity index (χ0) is 15.3. The van der Waals surface area contributed by atoms with Gasteiger partial charge >= 0.3 is 0 Å². The van der Waals surface area contributed by atoms with Crippen molar-refractivity contribution in [1.29, 1.82) is 0 Å². The van der Waals surface area contributed by atoms with E-state index in [-0.39, 0.29) is 5.54 Å². The summed E-state index contributed by atoms with van der Waals surface area (Å²) in [5, 5.41) is 0. The second-order valence-electron chi connectivity index (χ2n) is 6.66. The molecule has 0 radical (unpaired) electrons. The van der Waals surface area contributed by atoms with Crippen LogP contribution in [0.5, 0.6) is 0 Å². The maximum atomic E-state index is 6.23. The Hall–Kier alpha value is -0.850. The van der Waals surface area contributed by atoms with Crippen molar-refractivity contribution in [2.24, 2.45) is 10.7 Å². The van der Waals surface area contributed by atoms with Gasteiger partial charge in [0.05, 0.1) is 33.0 Å². The van der Waals surface area contributed by atoms with Gasteiger partial charge in [-0.15, -0.1) is 0 Å². The number of guanidine groups is 1. The molecule has 3 fully saturated rings. The number of aliphatic imine (C=N–C) groups is 1. The molecule has 3 rings (SSSR count). The molecule has 1 aliphatic carbocycles. The molecule has 0 atom stereocenters. The summed E-state index contributed by atoms with van der Waals surface area (Å²) in [7, 11) is 0. The second-order valence-corrected chi connectivity index (χ2v) is 6.66. The van der Waals surface area contributed by atoms with Gasteiger partial charge in [0.1, 0.15) is 0 Å². The van der Waals surface area contributed by atoms with Crippen LogP contribution in [0, 0.1) is 0 Å². The van der Waals surface area contributed by atoms with Gasteiger partial charge in [0.2, 0.25) is 0 Å². The highest BCUT2D eigenvalue weighted by Gasteiger charge is 2.38. The highest BCUT2D eigenvalue weighted by atomic mass is 16.5. The van der Waals surface area contributed by atoms with Crippen molar-refractivity contribution in [1.82, 2.24) is 9.80 Å². The van der Waals surface area contributed by atoms with Crippen LogP contribution < -0.4 is 5.73 Å². The first kappa shape index (κ1) is 16.0. The van der Waals surface area contributed by atoms with Gasteiger partial charge < -0.3 is 20.1 Å². The number of rotatable bonds is 3. The van der Waals surface area contributed by atoms with Crippen LogP contribution in [0.1, 0.15) is 32.1 Å². The summed E-state index contributed by atoms with van der Waals surface area (Å²) < 4.78 is 10.9. The van der Waals surface area contributed by atoms with Crippen molar-refractivity contribution in [3.05, 3.63) is 0 Å². The van der Waals surface area contributed by atoms with Gasteiger partial charge in [-0.25, -0.2) is 0 Å². The minimum absolute atomic E-state index is 0.207. The minimum Gasteiger partial charge on any atom is -0.379 e. The van der Waals surface area contributed by atoms with Gasteiger partial charge in [0.15, 0.2) is 5.96 Å². The lowest BCUT2D eigenvalue weighted by atomic mass is 9.80. The Labute approximate surface area is 133 Å². The topological polar surface area (TPSA) is 63.3 Å². The van der Waals surface area contributed by atoms with Gasteiger partial charge in [-0.05, 0) is 12.8 Å². The molecule has 6 heteroatoms. The molecule has 22 heavy (non-hydrogen) atoms. The van der Waals surface area contributed by atoms with E-state index >= 15 is 0 Å². The molecule has 0 bridgehead atoms. The molecule has 0 spiro atoms. The molecule has 126 valence electrons. The predicted molar refractivity (Wildman–Crippen MR) is 87.1 cm³/mol. The first-order valence-corrected chi connectivity index (χ1v) is 8.76. The predicted octanol–water partition coefficient (Wildman–Crippen LogP) is 0.668. The van der Waals surface area contributed by atoms with Gasteiger partial charge in [0.25, 0.3) is 0 Å². The number of hydrogen-bond acceptors (Lipinski definition) is 4. The Bertz CT molecular complexity index is 370. The van der Waals surface area contributed by atoms with Crippen LogP contribution in [0.3, 0.4) is 0 Å². The first-order valence-electron chi connectivity index (χ1n) is 8.76. The molecule has 6 nitrogen and oxygen atoms in total. The summed E-state index contributed by atoms with van der Waals surface area (Å²) in [6.45, 7) is 7.83. The molecule has 0 aromatic heterocycles. The van der Waals surface area contributed by atoms with Crippen molar-refractivity contribution in [2.75, 3.05) is 59.2 Å². The number of ether oxygens (including phenoxy) is 2. The summed E-state index contributed by atoms with van der Waals surface area (Å²) >= 11 is 0. The number of nitrogens with two attached hydrogens (primary N) is 1. The Balaban J connectivity index is 1.66. The smallest absolute Gasteiger partial charge is 0.191 e. The largest absolute Gasteiger partial charge is 0.379 e. The molecule has 0 aromatic rings. The van der Waals surface area contributed by atoms with Gasteiger partial charge in [0, 0.05) is 31.7 Å². The van der Waals surface area contributed by atoms with Gasteiger partial charge in [-0.3, -0.25) is 9.89 Å². The van der Waals surface area contributed by atoms with Crippen LogP contribution in [0.25, 0.3) is 0 Å². The molecule has 1 saturated carbocycles. The third-order valence-electron chi connectivity index (χ3n) is 5.34. The molecule has 3 aliphatic rings. The van der Waals surface area contributed by atoms with Crippen molar-refractivity contribution in [2.45, 2.75) is 37.6 Å². The fourth-order valence-electron chi connectivity index (χ4n) is 3.94. The number of nitrogens with zero attached hydrogens (tertiary/aromatic N) is 3. The quantitative estimate of drug-likeness (QED) is 0.613. The van der Waals surface area contributed by atoms with E-state index in [9.17, 15) is 0 Å². The summed E-state index contributed by atoms with van der Waals surface area (Å²) in [5.74, 6) is 0.696.